The Labute approximate surface area is 167 Å². The summed E-state index contributed by atoms with van der Waals surface area (Å²) in [6, 6.07) is 12.8. The third kappa shape index (κ3) is 5.73. The van der Waals surface area contributed by atoms with E-state index < -0.39 is 10.0 Å². The summed E-state index contributed by atoms with van der Waals surface area (Å²) in [5.41, 5.74) is 3.32. The second-order valence-electron chi connectivity index (χ2n) is 7.03. The highest BCUT2D eigenvalue weighted by Crippen LogP contribution is 2.24. The van der Waals surface area contributed by atoms with E-state index in [-0.39, 0.29) is 18.5 Å². The number of hydrogen-bond donors (Lipinski definition) is 1. The molecular weight excluding hydrogens is 376 g/mol. The van der Waals surface area contributed by atoms with Crippen molar-refractivity contribution in [2.75, 3.05) is 23.7 Å². The fourth-order valence-electron chi connectivity index (χ4n) is 2.81. The van der Waals surface area contributed by atoms with Crippen molar-refractivity contribution in [3.8, 4) is 5.75 Å². The number of para-hydroxylation sites is 1. The largest absolute Gasteiger partial charge is 0.491 e. The number of hydrogen-bond acceptors (Lipinski definition) is 4. The van der Waals surface area contributed by atoms with Crippen LogP contribution in [-0.4, -0.2) is 39.8 Å². The molecule has 0 saturated carbocycles. The topological polar surface area (TPSA) is 75.7 Å². The molecule has 0 aromatic heterocycles. The van der Waals surface area contributed by atoms with E-state index in [1.54, 1.807) is 12.1 Å². The van der Waals surface area contributed by atoms with Crippen LogP contribution in [0.15, 0.2) is 42.5 Å². The number of amides is 1. The summed E-state index contributed by atoms with van der Waals surface area (Å²) in [4.78, 5) is 12.5. The molecule has 0 radical (unpaired) electrons. The Bertz CT molecular complexity index is 941. The molecule has 28 heavy (non-hydrogen) atoms. The zero-order valence-electron chi connectivity index (χ0n) is 17.0. The smallest absolute Gasteiger partial charge is 0.241 e. The van der Waals surface area contributed by atoms with Gasteiger partial charge in [0.2, 0.25) is 15.9 Å². The normalized spacial score (nSPS) is 12.3. The number of nitrogens with one attached hydrogen (secondary N) is 1. The molecule has 0 aliphatic carbocycles. The summed E-state index contributed by atoms with van der Waals surface area (Å²) in [5.74, 6) is 0.379. The third-order valence-corrected chi connectivity index (χ3v) is 5.65. The molecule has 2 rings (SSSR count). The van der Waals surface area contributed by atoms with Crippen molar-refractivity contribution < 1.29 is 17.9 Å². The molecule has 152 valence electrons. The monoisotopic (exact) mass is 404 g/mol. The van der Waals surface area contributed by atoms with Crippen LogP contribution in [0.5, 0.6) is 5.75 Å². The molecule has 0 aliphatic rings. The fraction of sp³-hybridized carbons (Fsp3) is 0.381. The van der Waals surface area contributed by atoms with Crippen LogP contribution in [0.2, 0.25) is 0 Å². The Morgan fingerprint density at radius 2 is 1.71 bits per heavy atom. The van der Waals surface area contributed by atoms with Gasteiger partial charge in [0.1, 0.15) is 18.9 Å². The predicted molar refractivity (Wildman–Crippen MR) is 112 cm³/mol. The van der Waals surface area contributed by atoms with Gasteiger partial charge < -0.3 is 10.1 Å². The minimum Gasteiger partial charge on any atom is -0.491 e. The number of aryl methyl sites for hydroxylation is 2. The molecule has 1 N–H and O–H groups in total. The molecule has 0 saturated heterocycles. The molecule has 0 fully saturated rings. The zero-order valence-corrected chi connectivity index (χ0v) is 17.8. The second kappa shape index (κ2) is 9.10. The van der Waals surface area contributed by atoms with Gasteiger partial charge in [-0.2, -0.15) is 0 Å². The number of ether oxygens (including phenoxy) is 1. The van der Waals surface area contributed by atoms with E-state index in [9.17, 15) is 13.2 Å². The minimum absolute atomic E-state index is 0.271. The Morgan fingerprint density at radius 3 is 2.36 bits per heavy atom. The Balaban J connectivity index is 2.04. The van der Waals surface area contributed by atoms with Crippen LogP contribution in [0.1, 0.15) is 23.6 Å². The van der Waals surface area contributed by atoms with Gasteiger partial charge in [-0.15, -0.1) is 0 Å². The van der Waals surface area contributed by atoms with E-state index >= 15 is 0 Å². The standard InChI is InChI=1S/C21H28N2O4S/c1-15-10-8-11-19(18(15)4)23(28(5,25)26)13-21(24)22-17(3)14-27-20-12-7-6-9-16(20)2/h6-12,17H,13-14H2,1-5H3,(H,22,24)/t17-/m1/s1. The molecule has 0 spiro atoms. The van der Waals surface area contributed by atoms with Gasteiger partial charge in [-0.1, -0.05) is 30.3 Å². The Hall–Kier alpha value is -2.54. The molecule has 0 aliphatic heterocycles. The predicted octanol–water partition coefficient (Wildman–Crippen LogP) is 2.96. The lowest BCUT2D eigenvalue weighted by Gasteiger charge is -2.25. The molecule has 7 heteroatoms. The highest BCUT2D eigenvalue weighted by Gasteiger charge is 2.23. The Morgan fingerprint density at radius 1 is 1.07 bits per heavy atom. The van der Waals surface area contributed by atoms with E-state index in [1.165, 1.54) is 0 Å². The summed E-state index contributed by atoms with van der Waals surface area (Å²) < 4.78 is 31.5. The lowest BCUT2D eigenvalue weighted by atomic mass is 10.1. The number of benzene rings is 2. The Kier molecular flexibility index (Phi) is 7.07. The van der Waals surface area contributed by atoms with Crippen molar-refractivity contribution in [1.29, 1.82) is 0 Å². The molecule has 6 nitrogen and oxygen atoms in total. The molecule has 1 atom stereocenters. The van der Waals surface area contributed by atoms with Gasteiger partial charge in [0.25, 0.3) is 0 Å². The number of nitrogens with zero attached hydrogens (tertiary/aromatic N) is 1. The number of carbonyl (C=O) groups is 1. The first-order chi connectivity index (χ1) is 13.1. The van der Waals surface area contributed by atoms with Crippen molar-refractivity contribution in [3.63, 3.8) is 0 Å². The summed E-state index contributed by atoms with van der Waals surface area (Å²) in [6.45, 7) is 7.53. The van der Waals surface area contributed by atoms with E-state index in [0.29, 0.717) is 12.3 Å². The summed E-state index contributed by atoms with van der Waals surface area (Å²) in [7, 11) is -3.61. The maximum Gasteiger partial charge on any atom is 0.241 e. The summed E-state index contributed by atoms with van der Waals surface area (Å²) >= 11 is 0. The average molecular weight is 405 g/mol. The van der Waals surface area contributed by atoms with E-state index in [1.807, 2.05) is 58.0 Å². The lowest BCUT2D eigenvalue weighted by molar-refractivity contribution is -0.120. The molecule has 2 aromatic rings. The van der Waals surface area contributed by atoms with Gasteiger partial charge in [-0.05, 0) is 56.5 Å². The van der Waals surface area contributed by atoms with Gasteiger partial charge in [0.15, 0.2) is 0 Å². The van der Waals surface area contributed by atoms with Crippen molar-refractivity contribution >= 4 is 21.6 Å². The molecule has 0 unspecified atom stereocenters. The maximum absolute atomic E-state index is 12.5. The third-order valence-electron chi connectivity index (χ3n) is 4.52. The van der Waals surface area contributed by atoms with Gasteiger partial charge in [-0.3, -0.25) is 9.10 Å². The number of carbonyl (C=O) groups excluding carboxylic acids is 1. The summed E-state index contributed by atoms with van der Waals surface area (Å²) in [6.07, 6.45) is 1.10. The first-order valence-electron chi connectivity index (χ1n) is 9.11. The first-order valence-corrected chi connectivity index (χ1v) is 11.0. The van der Waals surface area contributed by atoms with E-state index in [2.05, 4.69) is 5.32 Å². The van der Waals surface area contributed by atoms with Crippen molar-refractivity contribution in [3.05, 3.63) is 59.2 Å². The van der Waals surface area contributed by atoms with E-state index in [4.69, 9.17) is 4.74 Å². The summed E-state index contributed by atoms with van der Waals surface area (Å²) in [5, 5.41) is 2.81. The quantitative estimate of drug-likeness (QED) is 0.734. The average Bonchev–Trinajstić information content (AvgIpc) is 2.61. The lowest BCUT2D eigenvalue weighted by Crippen LogP contribution is -2.45. The fourth-order valence-corrected chi connectivity index (χ4v) is 3.72. The number of anilines is 1. The zero-order chi connectivity index (χ0) is 20.9. The van der Waals surface area contributed by atoms with Crippen LogP contribution in [0.3, 0.4) is 0 Å². The molecular formula is C21H28N2O4S. The van der Waals surface area contributed by atoms with Crippen LogP contribution in [0, 0.1) is 20.8 Å². The molecule has 0 heterocycles. The van der Waals surface area contributed by atoms with Crippen molar-refractivity contribution in [2.45, 2.75) is 33.7 Å². The molecule has 0 bridgehead atoms. The first kappa shape index (κ1) is 21.8. The molecule has 2 aromatic carbocycles. The highest BCUT2D eigenvalue weighted by molar-refractivity contribution is 7.92. The minimum atomic E-state index is -3.61. The molecule has 1 amide bonds. The van der Waals surface area contributed by atoms with Gasteiger partial charge in [-0.25, -0.2) is 8.42 Å². The van der Waals surface area contributed by atoms with Crippen LogP contribution < -0.4 is 14.4 Å². The van der Waals surface area contributed by atoms with Crippen LogP contribution in [-0.2, 0) is 14.8 Å². The van der Waals surface area contributed by atoms with Gasteiger partial charge >= 0.3 is 0 Å². The number of sulfonamides is 1. The maximum atomic E-state index is 12.5. The van der Waals surface area contributed by atoms with Crippen molar-refractivity contribution in [2.24, 2.45) is 0 Å². The van der Waals surface area contributed by atoms with Crippen LogP contribution >= 0.6 is 0 Å². The van der Waals surface area contributed by atoms with Crippen LogP contribution in [0.25, 0.3) is 0 Å². The van der Waals surface area contributed by atoms with Gasteiger partial charge in [0.05, 0.1) is 18.0 Å². The second-order valence-corrected chi connectivity index (χ2v) is 8.94. The number of rotatable bonds is 8. The SMILES string of the molecule is Cc1ccccc1OC[C@@H](C)NC(=O)CN(c1cccc(C)c1C)S(C)(=O)=O. The van der Waals surface area contributed by atoms with Crippen molar-refractivity contribution in [1.82, 2.24) is 5.32 Å². The van der Waals surface area contributed by atoms with Crippen LogP contribution in [0.4, 0.5) is 5.69 Å². The highest BCUT2D eigenvalue weighted by atomic mass is 32.2. The van der Waals surface area contributed by atoms with Gasteiger partial charge in [0, 0.05) is 0 Å². The van der Waals surface area contributed by atoms with E-state index in [0.717, 1.165) is 33.0 Å².